The molecule has 0 aliphatic rings. The van der Waals surface area contributed by atoms with Crippen LogP contribution in [0.25, 0.3) is 0 Å². The van der Waals surface area contributed by atoms with E-state index in [1.165, 1.54) is 40.6 Å². The Morgan fingerprint density at radius 2 is 1.54 bits per heavy atom. The molecule has 1 aromatic carbocycles. The van der Waals surface area contributed by atoms with Crippen LogP contribution in [0.5, 0.6) is 17.2 Å². The quantitative estimate of drug-likeness (QED) is 0.571. The summed E-state index contributed by atoms with van der Waals surface area (Å²) in [5, 5.41) is 5.07. The first-order valence-corrected chi connectivity index (χ1v) is 8.72. The number of hydrogen-bond donors (Lipinski definition) is 2. The van der Waals surface area contributed by atoms with E-state index in [2.05, 4.69) is 10.6 Å². The molecule has 2 amide bonds. The van der Waals surface area contributed by atoms with E-state index in [9.17, 15) is 14.4 Å². The normalized spacial score (nSPS) is 11.4. The van der Waals surface area contributed by atoms with E-state index in [4.69, 9.17) is 18.9 Å². The first-order chi connectivity index (χ1) is 13.3. The van der Waals surface area contributed by atoms with Gasteiger partial charge in [-0.05, 0) is 24.5 Å². The number of ether oxygens (including phenoxy) is 4. The molecule has 1 unspecified atom stereocenters. The average Bonchev–Trinajstić information content (AvgIpc) is 2.69. The van der Waals surface area contributed by atoms with Gasteiger partial charge in [0, 0.05) is 5.56 Å². The van der Waals surface area contributed by atoms with Crippen LogP contribution in [0.2, 0.25) is 0 Å². The zero-order valence-corrected chi connectivity index (χ0v) is 17.1. The van der Waals surface area contributed by atoms with E-state index < -0.39 is 23.8 Å². The molecule has 0 saturated carbocycles. The van der Waals surface area contributed by atoms with Crippen molar-refractivity contribution in [3.8, 4) is 17.2 Å². The van der Waals surface area contributed by atoms with Crippen molar-refractivity contribution in [1.29, 1.82) is 0 Å². The van der Waals surface area contributed by atoms with Gasteiger partial charge in [-0.25, -0.2) is 4.79 Å². The number of rotatable bonds is 10. The summed E-state index contributed by atoms with van der Waals surface area (Å²) >= 11 is 0. The number of carbonyl (C=O) groups excluding carboxylic acids is 3. The third kappa shape index (κ3) is 6.33. The second-order valence-electron chi connectivity index (χ2n) is 6.37. The minimum atomic E-state index is -0.768. The van der Waals surface area contributed by atoms with Crippen molar-refractivity contribution < 1.29 is 33.3 Å². The Kier molecular flexibility index (Phi) is 9.07. The molecule has 9 nitrogen and oxygen atoms in total. The van der Waals surface area contributed by atoms with Gasteiger partial charge < -0.3 is 29.6 Å². The summed E-state index contributed by atoms with van der Waals surface area (Å²) in [6, 6.07) is 2.19. The fourth-order valence-electron chi connectivity index (χ4n) is 2.55. The molecule has 9 heteroatoms. The average molecular weight is 396 g/mol. The molecule has 0 radical (unpaired) electrons. The fourth-order valence-corrected chi connectivity index (χ4v) is 2.55. The molecule has 0 saturated heterocycles. The standard InChI is InChI=1S/C19H28N2O7/c1-11(2)7-13(19(24)28-6)21-16(22)10-20-18(23)12-8-14(25-3)17(27-5)15(9-12)26-4/h8-9,11,13H,7,10H2,1-6H3,(H,20,23)(H,21,22). The third-order valence-corrected chi connectivity index (χ3v) is 3.86. The Balaban J connectivity index is 2.80. The highest BCUT2D eigenvalue weighted by molar-refractivity contribution is 5.98. The van der Waals surface area contributed by atoms with Gasteiger partial charge >= 0.3 is 5.97 Å². The molecule has 0 bridgehead atoms. The molecule has 28 heavy (non-hydrogen) atoms. The van der Waals surface area contributed by atoms with Crippen LogP contribution in [0, 0.1) is 5.92 Å². The van der Waals surface area contributed by atoms with E-state index in [1.54, 1.807) is 0 Å². The summed E-state index contributed by atoms with van der Waals surface area (Å²) in [7, 11) is 5.59. The van der Waals surface area contributed by atoms with E-state index in [0.717, 1.165) is 0 Å². The van der Waals surface area contributed by atoms with Crippen LogP contribution in [-0.2, 0) is 14.3 Å². The molecular weight excluding hydrogens is 368 g/mol. The number of nitrogens with one attached hydrogen (secondary N) is 2. The summed E-state index contributed by atoms with van der Waals surface area (Å²) in [6.07, 6.45) is 0.430. The molecule has 156 valence electrons. The summed E-state index contributed by atoms with van der Waals surface area (Å²) < 4.78 is 20.3. The lowest BCUT2D eigenvalue weighted by molar-refractivity contribution is -0.145. The van der Waals surface area contributed by atoms with Gasteiger partial charge in [0.1, 0.15) is 6.04 Å². The van der Waals surface area contributed by atoms with Gasteiger partial charge in [-0.15, -0.1) is 0 Å². The van der Waals surface area contributed by atoms with E-state index in [1.807, 2.05) is 13.8 Å². The van der Waals surface area contributed by atoms with Crippen LogP contribution < -0.4 is 24.8 Å². The highest BCUT2D eigenvalue weighted by Gasteiger charge is 2.23. The lowest BCUT2D eigenvalue weighted by atomic mass is 10.0. The lowest BCUT2D eigenvalue weighted by Crippen LogP contribution is -2.46. The van der Waals surface area contributed by atoms with Crippen molar-refractivity contribution in [2.24, 2.45) is 5.92 Å². The number of amides is 2. The molecule has 0 aromatic heterocycles. The number of esters is 1. The Bertz CT molecular complexity index is 679. The highest BCUT2D eigenvalue weighted by atomic mass is 16.5. The maximum absolute atomic E-state index is 12.4. The topological polar surface area (TPSA) is 112 Å². The van der Waals surface area contributed by atoms with Gasteiger partial charge in [-0.1, -0.05) is 13.8 Å². The number of hydrogen-bond acceptors (Lipinski definition) is 7. The zero-order chi connectivity index (χ0) is 21.3. The molecule has 2 N–H and O–H groups in total. The van der Waals surface area contributed by atoms with E-state index in [0.29, 0.717) is 23.7 Å². The van der Waals surface area contributed by atoms with Gasteiger partial charge in [-0.2, -0.15) is 0 Å². The van der Waals surface area contributed by atoms with Crippen molar-refractivity contribution >= 4 is 17.8 Å². The molecule has 0 fully saturated rings. The van der Waals surface area contributed by atoms with Crippen LogP contribution in [0.3, 0.4) is 0 Å². The second-order valence-corrected chi connectivity index (χ2v) is 6.37. The van der Waals surface area contributed by atoms with Crippen molar-refractivity contribution in [2.75, 3.05) is 35.0 Å². The molecule has 1 atom stereocenters. The van der Waals surface area contributed by atoms with Crippen molar-refractivity contribution in [3.63, 3.8) is 0 Å². The predicted octanol–water partition coefficient (Wildman–Crippen LogP) is 1.15. The fraction of sp³-hybridized carbons (Fsp3) is 0.526. The SMILES string of the molecule is COC(=O)C(CC(C)C)NC(=O)CNC(=O)c1cc(OC)c(OC)c(OC)c1. The molecule has 1 aromatic rings. The van der Waals surface area contributed by atoms with Gasteiger partial charge in [0.05, 0.1) is 35.0 Å². The van der Waals surface area contributed by atoms with E-state index in [-0.39, 0.29) is 18.0 Å². The minimum absolute atomic E-state index is 0.179. The largest absolute Gasteiger partial charge is 0.493 e. The molecule has 1 rings (SSSR count). The smallest absolute Gasteiger partial charge is 0.328 e. The number of methoxy groups -OCH3 is 4. The summed E-state index contributed by atoms with van der Waals surface area (Å²) in [5.41, 5.74) is 0.231. The Morgan fingerprint density at radius 1 is 0.964 bits per heavy atom. The van der Waals surface area contributed by atoms with Crippen LogP contribution in [0.1, 0.15) is 30.6 Å². The Hall–Kier alpha value is -2.97. The van der Waals surface area contributed by atoms with Crippen molar-refractivity contribution in [2.45, 2.75) is 26.3 Å². The Morgan fingerprint density at radius 3 is 1.96 bits per heavy atom. The maximum atomic E-state index is 12.4. The van der Waals surface area contributed by atoms with Gasteiger partial charge in [-0.3, -0.25) is 9.59 Å². The molecular formula is C19H28N2O7. The van der Waals surface area contributed by atoms with Crippen LogP contribution in [-0.4, -0.2) is 58.8 Å². The first-order valence-electron chi connectivity index (χ1n) is 8.72. The second kappa shape index (κ2) is 11.0. The minimum Gasteiger partial charge on any atom is -0.493 e. The number of benzene rings is 1. The first kappa shape index (κ1) is 23.1. The monoisotopic (exact) mass is 396 g/mol. The maximum Gasteiger partial charge on any atom is 0.328 e. The van der Waals surface area contributed by atoms with Crippen LogP contribution in [0.15, 0.2) is 12.1 Å². The van der Waals surface area contributed by atoms with Gasteiger partial charge in [0.25, 0.3) is 5.91 Å². The van der Waals surface area contributed by atoms with Gasteiger partial charge in [0.2, 0.25) is 11.7 Å². The third-order valence-electron chi connectivity index (χ3n) is 3.86. The van der Waals surface area contributed by atoms with Crippen LogP contribution >= 0.6 is 0 Å². The van der Waals surface area contributed by atoms with Crippen LogP contribution in [0.4, 0.5) is 0 Å². The molecule has 0 spiro atoms. The van der Waals surface area contributed by atoms with Gasteiger partial charge in [0.15, 0.2) is 11.5 Å². The molecule has 0 aliphatic carbocycles. The molecule has 0 aliphatic heterocycles. The van der Waals surface area contributed by atoms with Crippen molar-refractivity contribution in [3.05, 3.63) is 17.7 Å². The Labute approximate surface area is 164 Å². The predicted molar refractivity (Wildman–Crippen MR) is 102 cm³/mol. The highest BCUT2D eigenvalue weighted by Crippen LogP contribution is 2.38. The van der Waals surface area contributed by atoms with E-state index >= 15 is 0 Å². The molecule has 0 heterocycles. The van der Waals surface area contributed by atoms with Crippen molar-refractivity contribution in [1.82, 2.24) is 10.6 Å². The summed E-state index contributed by atoms with van der Waals surface area (Å²) in [5.74, 6) is -0.367. The zero-order valence-electron chi connectivity index (χ0n) is 17.1. The lowest BCUT2D eigenvalue weighted by Gasteiger charge is -2.18. The summed E-state index contributed by atoms with van der Waals surface area (Å²) in [4.78, 5) is 36.3. The number of carbonyl (C=O) groups is 3. The summed E-state index contributed by atoms with van der Waals surface area (Å²) in [6.45, 7) is 3.55.